The molecule has 0 saturated carbocycles. The second-order valence-corrected chi connectivity index (χ2v) is 6.70. The van der Waals surface area contributed by atoms with Gasteiger partial charge in [0.25, 0.3) is 0 Å². The fourth-order valence-electron chi connectivity index (χ4n) is 4.20. The van der Waals surface area contributed by atoms with Crippen molar-refractivity contribution in [1.29, 1.82) is 0 Å². The summed E-state index contributed by atoms with van der Waals surface area (Å²) < 4.78 is 7.26. The van der Waals surface area contributed by atoms with Crippen LogP contribution in [0.1, 0.15) is 17.5 Å². The number of carbonyl (C=O) groups is 2. The van der Waals surface area contributed by atoms with E-state index in [1.807, 2.05) is 19.2 Å². The molecule has 4 heterocycles. The fraction of sp³-hybridized carbons (Fsp3) is 0.412. The maximum absolute atomic E-state index is 12.4. The number of rotatable bonds is 2. The molecule has 2 aromatic rings. The monoisotopic (exact) mass is 339 g/mol. The number of hydrogen-bond acceptors (Lipinski definition) is 5. The number of hydrogen-bond donors (Lipinski definition) is 0. The Balaban J connectivity index is 1.52. The maximum atomic E-state index is 12.4. The Morgan fingerprint density at radius 2 is 2.04 bits per heavy atom. The van der Waals surface area contributed by atoms with Gasteiger partial charge in [-0.3, -0.25) is 9.69 Å². The molecule has 2 atom stereocenters. The van der Waals surface area contributed by atoms with Crippen molar-refractivity contribution < 1.29 is 14.3 Å². The number of cyclic esters (lactones) is 1. The van der Waals surface area contributed by atoms with E-state index in [0.717, 1.165) is 24.2 Å². The van der Waals surface area contributed by atoms with Crippen molar-refractivity contribution in [2.75, 3.05) is 16.8 Å². The topological polar surface area (TPSA) is 80.6 Å². The average Bonchev–Trinajstić information content (AvgIpc) is 3.29. The number of fused-ring (bicyclic) bond motifs is 5. The van der Waals surface area contributed by atoms with Crippen LogP contribution >= 0.6 is 0 Å². The minimum atomic E-state index is -0.311. The highest BCUT2D eigenvalue weighted by atomic mass is 16.6. The summed E-state index contributed by atoms with van der Waals surface area (Å²) in [6.45, 7) is 0.488. The molecule has 0 N–H and O–H groups in total. The number of amides is 2. The smallest absolute Gasteiger partial charge is 0.415 e. The second-order valence-electron chi connectivity index (χ2n) is 6.70. The lowest BCUT2D eigenvalue weighted by atomic mass is 9.93. The molecule has 5 rings (SSSR count). The van der Waals surface area contributed by atoms with Crippen molar-refractivity contribution >= 4 is 23.4 Å². The van der Waals surface area contributed by atoms with Gasteiger partial charge in [-0.2, -0.15) is 0 Å². The normalized spacial score (nSPS) is 24.2. The molecule has 3 aliphatic rings. The Morgan fingerprint density at radius 1 is 1.20 bits per heavy atom. The molecule has 0 bridgehead atoms. The second kappa shape index (κ2) is 5.05. The lowest BCUT2D eigenvalue weighted by molar-refractivity contribution is -0.118. The first-order chi connectivity index (χ1) is 12.1. The molecule has 0 unspecified atom stereocenters. The molecule has 1 aromatic heterocycles. The van der Waals surface area contributed by atoms with E-state index in [0.29, 0.717) is 13.0 Å². The number of anilines is 2. The minimum Gasteiger partial charge on any atom is -0.442 e. The lowest BCUT2D eigenvalue weighted by Gasteiger charge is -2.27. The van der Waals surface area contributed by atoms with E-state index in [2.05, 4.69) is 10.3 Å². The van der Waals surface area contributed by atoms with Crippen molar-refractivity contribution in [3.05, 3.63) is 35.7 Å². The molecule has 1 saturated heterocycles. The van der Waals surface area contributed by atoms with E-state index < -0.39 is 0 Å². The van der Waals surface area contributed by atoms with E-state index in [-0.39, 0.29) is 24.1 Å². The Morgan fingerprint density at radius 3 is 2.84 bits per heavy atom. The summed E-state index contributed by atoms with van der Waals surface area (Å²) in [5.74, 6) is 0.134. The van der Waals surface area contributed by atoms with Crippen LogP contribution in [0.2, 0.25) is 0 Å². The predicted molar refractivity (Wildman–Crippen MR) is 88.4 cm³/mol. The fourth-order valence-corrected chi connectivity index (χ4v) is 4.20. The Hall–Kier alpha value is -2.90. The zero-order valence-electron chi connectivity index (χ0n) is 13.8. The number of aromatic nitrogens is 3. The van der Waals surface area contributed by atoms with Crippen molar-refractivity contribution in [3.8, 4) is 0 Å². The van der Waals surface area contributed by atoms with Crippen molar-refractivity contribution in [3.63, 3.8) is 0 Å². The maximum Gasteiger partial charge on any atom is 0.415 e. The van der Waals surface area contributed by atoms with Crippen LogP contribution in [0.15, 0.2) is 24.5 Å². The standard InChI is InChI=1S/C17H17N5O3/c1-20-12-3-4-13-11(10(12)2-5-16(20)23)8-14-15(25-17(24)22(13)14)9-21-7-6-18-19-21/h3-4,6-7,14-15H,2,5,8-9H2,1H3/t14-,15-/m0/s1. The predicted octanol–water partition coefficient (Wildman–Crippen LogP) is 1.14. The van der Waals surface area contributed by atoms with Crippen LogP contribution < -0.4 is 9.80 Å². The van der Waals surface area contributed by atoms with Gasteiger partial charge in [-0.1, -0.05) is 5.21 Å². The first kappa shape index (κ1) is 14.4. The van der Waals surface area contributed by atoms with E-state index in [4.69, 9.17) is 4.74 Å². The van der Waals surface area contributed by atoms with Gasteiger partial charge in [0.05, 0.1) is 24.5 Å². The molecule has 0 spiro atoms. The Labute approximate surface area is 144 Å². The van der Waals surface area contributed by atoms with Gasteiger partial charge in [0.15, 0.2) is 0 Å². The van der Waals surface area contributed by atoms with Crippen LogP contribution in [0.3, 0.4) is 0 Å². The number of benzene rings is 1. The van der Waals surface area contributed by atoms with Gasteiger partial charge in [-0.25, -0.2) is 9.48 Å². The highest BCUT2D eigenvalue weighted by Crippen LogP contribution is 2.44. The molecule has 2 amide bonds. The molecule has 128 valence electrons. The van der Waals surface area contributed by atoms with Gasteiger partial charge in [0.2, 0.25) is 5.91 Å². The highest BCUT2D eigenvalue weighted by molar-refractivity contribution is 5.99. The molecular formula is C17H17N5O3. The lowest BCUT2D eigenvalue weighted by Crippen LogP contribution is -2.35. The van der Waals surface area contributed by atoms with Crippen molar-refractivity contribution in [2.24, 2.45) is 0 Å². The van der Waals surface area contributed by atoms with Crippen LogP contribution in [0.25, 0.3) is 0 Å². The summed E-state index contributed by atoms with van der Waals surface area (Å²) in [6, 6.07) is 3.83. The number of ether oxygens (including phenoxy) is 1. The van der Waals surface area contributed by atoms with Gasteiger partial charge >= 0.3 is 6.09 Å². The number of carbonyl (C=O) groups excluding carboxylic acids is 2. The third-order valence-corrected chi connectivity index (χ3v) is 5.43. The van der Waals surface area contributed by atoms with E-state index >= 15 is 0 Å². The van der Waals surface area contributed by atoms with Crippen LogP contribution in [0.5, 0.6) is 0 Å². The molecule has 8 nitrogen and oxygen atoms in total. The zero-order valence-corrected chi connectivity index (χ0v) is 13.8. The van der Waals surface area contributed by atoms with Crippen LogP contribution in [-0.4, -0.2) is 46.2 Å². The molecule has 3 aliphatic heterocycles. The summed E-state index contributed by atoms with van der Waals surface area (Å²) in [5.41, 5.74) is 4.22. The summed E-state index contributed by atoms with van der Waals surface area (Å²) in [6.07, 6.45) is 4.78. The quantitative estimate of drug-likeness (QED) is 0.819. The Bertz CT molecular complexity index is 879. The van der Waals surface area contributed by atoms with Crippen LogP contribution in [-0.2, 0) is 28.9 Å². The largest absolute Gasteiger partial charge is 0.442 e. The molecular weight excluding hydrogens is 322 g/mol. The van der Waals surface area contributed by atoms with Gasteiger partial charge in [0.1, 0.15) is 6.10 Å². The highest BCUT2D eigenvalue weighted by Gasteiger charge is 2.48. The summed E-state index contributed by atoms with van der Waals surface area (Å²) >= 11 is 0. The van der Waals surface area contributed by atoms with Gasteiger partial charge < -0.3 is 9.64 Å². The molecule has 1 fully saturated rings. The molecule has 1 aromatic carbocycles. The summed E-state index contributed by atoms with van der Waals surface area (Å²) in [7, 11) is 1.81. The van der Waals surface area contributed by atoms with E-state index in [9.17, 15) is 9.59 Å². The average molecular weight is 339 g/mol. The van der Waals surface area contributed by atoms with Crippen LogP contribution in [0.4, 0.5) is 16.2 Å². The third kappa shape index (κ3) is 2.00. The van der Waals surface area contributed by atoms with Crippen molar-refractivity contribution in [1.82, 2.24) is 15.0 Å². The van der Waals surface area contributed by atoms with Gasteiger partial charge in [0, 0.05) is 25.4 Å². The summed E-state index contributed by atoms with van der Waals surface area (Å²) in [5, 5.41) is 7.77. The van der Waals surface area contributed by atoms with Crippen LogP contribution in [0, 0.1) is 0 Å². The van der Waals surface area contributed by atoms with E-state index in [1.54, 1.807) is 26.9 Å². The van der Waals surface area contributed by atoms with E-state index in [1.165, 1.54) is 11.1 Å². The SMILES string of the molecule is CN1C(=O)CCc2c1ccc1c2C[C@H]2[C@H](Cn3ccnn3)OC(=O)N12. The molecule has 8 heteroatoms. The van der Waals surface area contributed by atoms with Gasteiger partial charge in [-0.05, 0) is 36.1 Å². The zero-order chi connectivity index (χ0) is 17.1. The molecule has 0 radical (unpaired) electrons. The number of nitrogens with zero attached hydrogens (tertiary/aromatic N) is 5. The van der Waals surface area contributed by atoms with Crippen molar-refractivity contribution in [2.45, 2.75) is 38.0 Å². The summed E-state index contributed by atoms with van der Waals surface area (Å²) in [4.78, 5) is 27.9. The molecule has 0 aliphatic carbocycles. The van der Waals surface area contributed by atoms with Gasteiger partial charge in [-0.15, -0.1) is 5.10 Å². The third-order valence-electron chi connectivity index (χ3n) is 5.43. The molecule has 25 heavy (non-hydrogen) atoms. The first-order valence-corrected chi connectivity index (χ1v) is 8.39. The Kier molecular flexibility index (Phi) is 2.92. The minimum absolute atomic E-state index is 0.0406. The first-order valence-electron chi connectivity index (χ1n) is 8.39.